The van der Waals surface area contributed by atoms with E-state index in [2.05, 4.69) is 30.4 Å². The number of rotatable bonds is 6. The molecule has 4 nitrogen and oxygen atoms in total. The molecular formula is C19H27NO3. The van der Waals surface area contributed by atoms with Crippen molar-refractivity contribution in [3.8, 4) is 5.75 Å². The Labute approximate surface area is 138 Å². The Morgan fingerprint density at radius 3 is 2.87 bits per heavy atom. The highest BCUT2D eigenvalue weighted by atomic mass is 16.5. The first kappa shape index (κ1) is 16.3. The van der Waals surface area contributed by atoms with Crippen LogP contribution in [0.3, 0.4) is 0 Å². The Kier molecular flexibility index (Phi) is 5.55. The Hall–Kier alpha value is -1.55. The van der Waals surface area contributed by atoms with E-state index in [0.717, 1.165) is 43.8 Å². The third-order valence-electron chi connectivity index (χ3n) is 4.90. The lowest BCUT2D eigenvalue weighted by Crippen LogP contribution is -2.29. The van der Waals surface area contributed by atoms with Gasteiger partial charge in [0, 0.05) is 30.6 Å². The van der Waals surface area contributed by atoms with Gasteiger partial charge in [-0.05, 0) is 37.8 Å². The minimum atomic E-state index is 0.193. The summed E-state index contributed by atoms with van der Waals surface area (Å²) in [7, 11) is 0. The summed E-state index contributed by atoms with van der Waals surface area (Å²) in [5.41, 5.74) is 2.23. The second-order valence-electron chi connectivity index (χ2n) is 6.85. The number of ether oxygens (including phenoxy) is 2. The van der Waals surface area contributed by atoms with Crippen LogP contribution >= 0.6 is 0 Å². The Balaban J connectivity index is 1.57. The molecule has 23 heavy (non-hydrogen) atoms. The molecular weight excluding hydrogens is 290 g/mol. The maximum absolute atomic E-state index is 12.2. The summed E-state index contributed by atoms with van der Waals surface area (Å²) in [5, 5.41) is 3.09. The molecule has 1 aliphatic heterocycles. The predicted octanol–water partition coefficient (Wildman–Crippen LogP) is 3.22. The van der Waals surface area contributed by atoms with Gasteiger partial charge >= 0.3 is 0 Å². The summed E-state index contributed by atoms with van der Waals surface area (Å²) in [4.78, 5) is 12.2. The number of benzene rings is 1. The van der Waals surface area contributed by atoms with Gasteiger partial charge in [0.1, 0.15) is 5.75 Å². The van der Waals surface area contributed by atoms with Crippen molar-refractivity contribution in [2.45, 2.75) is 45.6 Å². The van der Waals surface area contributed by atoms with Crippen LogP contribution in [0.5, 0.6) is 5.75 Å². The standard InChI is InChI=1S/C19H27NO3/c1-14-6-7-17(11-20-19(21)16-4-2-3-5-16)18(10-14)23-13-15-8-9-22-12-15/h6-7,10,15-16H,2-5,8-9,11-13H2,1H3,(H,20,21)/t15-/m1/s1. The van der Waals surface area contributed by atoms with Crippen molar-refractivity contribution in [3.63, 3.8) is 0 Å². The van der Waals surface area contributed by atoms with Crippen LogP contribution in [-0.2, 0) is 16.1 Å². The van der Waals surface area contributed by atoms with E-state index in [1.165, 1.54) is 18.4 Å². The van der Waals surface area contributed by atoms with Crippen molar-refractivity contribution < 1.29 is 14.3 Å². The average Bonchev–Trinajstić information content (AvgIpc) is 3.25. The van der Waals surface area contributed by atoms with Gasteiger partial charge in [-0.25, -0.2) is 0 Å². The quantitative estimate of drug-likeness (QED) is 0.876. The monoisotopic (exact) mass is 317 g/mol. The molecule has 2 fully saturated rings. The largest absolute Gasteiger partial charge is 0.493 e. The Bertz CT molecular complexity index is 531. The number of carbonyl (C=O) groups is 1. The zero-order valence-corrected chi connectivity index (χ0v) is 14.0. The van der Waals surface area contributed by atoms with E-state index in [1.807, 2.05) is 0 Å². The van der Waals surface area contributed by atoms with Crippen LogP contribution in [0.2, 0.25) is 0 Å². The van der Waals surface area contributed by atoms with Crippen LogP contribution in [0, 0.1) is 18.8 Å². The molecule has 1 atom stereocenters. The third-order valence-corrected chi connectivity index (χ3v) is 4.90. The first-order valence-electron chi connectivity index (χ1n) is 8.80. The fraction of sp³-hybridized carbons (Fsp3) is 0.632. The maximum Gasteiger partial charge on any atom is 0.223 e. The van der Waals surface area contributed by atoms with Crippen LogP contribution in [0.25, 0.3) is 0 Å². The van der Waals surface area contributed by atoms with E-state index in [0.29, 0.717) is 19.1 Å². The molecule has 1 aromatic carbocycles. The molecule has 1 N–H and O–H groups in total. The lowest BCUT2D eigenvalue weighted by molar-refractivity contribution is -0.124. The van der Waals surface area contributed by atoms with E-state index in [1.54, 1.807) is 0 Å². The van der Waals surface area contributed by atoms with Crippen LogP contribution < -0.4 is 10.1 Å². The number of nitrogens with one attached hydrogen (secondary N) is 1. The molecule has 1 saturated heterocycles. The molecule has 126 valence electrons. The number of carbonyl (C=O) groups excluding carboxylic acids is 1. The molecule has 2 aliphatic rings. The number of amides is 1. The van der Waals surface area contributed by atoms with Crippen LogP contribution in [0.4, 0.5) is 0 Å². The van der Waals surface area contributed by atoms with Gasteiger partial charge in [0.05, 0.1) is 13.2 Å². The summed E-state index contributed by atoms with van der Waals surface area (Å²) >= 11 is 0. The molecule has 0 unspecified atom stereocenters. The van der Waals surface area contributed by atoms with Gasteiger partial charge in [-0.15, -0.1) is 0 Å². The van der Waals surface area contributed by atoms with E-state index in [4.69, 9.17) is 9.47 Å². The average molecular weight is 317 g/mol. The van der Waals surface area contributed by atoms with E-state index < -0.39 is 0 Å². The SMILES string of the molecule is Cc1ccc(CNC(=O)C2CCCC2)c(OC[C@@H]2CCOC2)c1. The summed E-state index contributed by atoms with van der Waals surface area (Å²) in [5.74, 6) is 1.78. The second kappa shape index (κ2) is 7.82. The van der Waals surface area contributed by atoms with E-state index in [9.17, 15) is 4.79 Å². The molecule has 4 heteroatoms. The highest BCUT2D eigenvalue weighted by Crippen LogP contribution is 2.26. The lowest BCUT2D eigenvalue weighted by Gasteiger charge is -2.16. The molecule has 1 aliphatic carbocycles. The van der Waals surface area contributed by atoms with E-state index >= 15 is 0 Å². The van der Waals surface area contributed by atoms with Gasteiger partial charge in [-0.3, -0.25) is 4.79 Å². The fourth-order valence-corrected chi connectivity index (χ4v) is 3.38. The van der Waals surface area contributed by atoms with Crippen molar-refractivity contribution >= 4 is 5.91 Å². The van der Waals surface area contributed by atoms with Gasteiger partial charge in [0.25, 0.3) is 0 Å². The van der Waals surface area contributed by atoms with Crippen molar-refractivity contribution in [2.75, 3.05) is 19.8 Å². The Morgan fingerprint density at radius 1 is 1.30 bits per heavy atom. The number of hydrogen-bond acceptors (Lipinski definition) is 3. The predicted molar refractivity (Wildman–Crippen MR) is 89.4 cm³/mol. The molecule has 3 rings (SSSR count). The van der Waals surface area contributed by atoms with Crippen LogP contribution in [-0.4, -0.2) is 25.7 Å². The van der Waals surface area contributed by atoms with Crippen molar-refractivity contribution in [2.24, 2.45) is 11.8 Å². The molecule has 1 heterocycles. The maximum atomic E-state index is 12.2. The highest BCUT2D eigenvalue weighted by Gasteiger charge is 2.22. The minimum Gasteiger partial charge on any atom is -0.493 e. The normalized spacial score (nSPS) is 21.5. The molecule has 1 amide bonds. The molecule has 0 radical (unpaired) electrons. The minimum absolute atomic E-state index is 0.193. The van der Waals surface area contributed by atoms with Gasteiger partial charge in [-0.2, -0.15) is 0 Å². The smallest absolute Gasteiger partial charge is 0.223 e. The summed E-state index contributed by atoms with van der Waals surface area (Å²) in [6.45, 7) is 4.93. The van der Waals surface area contributed by atoms with Gasteiger partial charge < -0.3 is 14.8 Å². The van der Waals surface area contributed by atoms with Crippen molar-refractivity contribution in [1.29, 1.82) is 0 Å². The first-order chi connectivity index (χ1) is 11.2. The summed E-state index contributed by atoms with van der Waals surface area (Å²) in [6.07, 6.45) is 5.50. The molecule has 0 spiro atoms. The van der Waals surface area contributed by atoms with Gasteiger partial charge in [-0.1, -0.05) is 25.0 Å². The summed E-state index contributed by atoms with van der Waals surface area (Å²) < 4.78 is 11.4. The zero-order chi connectivity index (χ0) is 16.1. The second-order valence-corrected chi connectivity index (χ2v) is 6.85. The lowest BCUT2D eigenvalue weighted by atomic mass is 10.1. The highest BCUT2D eigenvalue weighted by molar-refractivity contribution is 5.78. The van der Waals surface area contributed by atoms with Gasteiger partial charge in [0.2, 0.25) is 5.91 Å². The molecule has 1 aromatic rings. The molecule has 0 bridgehead atoms. The molecule has 1 saturated carbocycles. The van der Waals surface area contributed by atoms with Crippen LogP contribution in [0.1, 0.15) is 43.2 Å². The fourth-order valence-electron chi connectivity index (χ4n) is 3.38. The zero-order valence-electron chi connectivity index (χ0n) is 14.0. The molecule has 0 aromatic heterocycles. The Morgan fingerprint density at radius 2 is 2.13 bits per heavy atom. The third kappa shape index (κ3) is 4.47. The number of hydrogen-bond donors (Lipinski definition) is 1. The van der Waals surface area contributed by atoms with Crippen molar-refractivity contribution in [3.05, 3.63) is 29.3 Å². The van der Waals surface area contributed by atoms with E-state index in [-0.39, 0.29) is 11.8 Å². The first-order valence-corrected chi connectivity index (χ1v) is 8.80. The number of aryl methyl sites for hydroxylation is 1. The van der Waals surface area contributed by atoms with Gasteiger partial charge in [0.15, 0.2) is 0 Å². The summed E-state index contributed by atoms with van der Waals surface area (Å²) in [6, 6.07) is 6.19. The van der Waals surface area contributed by atoms with Crippen molar-refractivity contribution in [1.82, 2.24) is 5.32 Å². The topological polar surface area (TPSA) is 47.6 Å². The van der Waals surface area contributed by atoms with Crippen LogP contribution in [0.15, 0.2) is 18.2 Å².